The standard InChI is InChI=1S/C28H27F3N6O2/c1-16-13-19(14-22-24(16)33-11-10-32-22)27(39)37-12-9-21(20(15-37)18-7-5-4-6-8-18)34-26(38)25-23(28(29,30)31)17(2)35-36(25)3/h4-8,10-11,13-14,20-21H,9,12,15H2,1-3H3,(H,34,38)/t20-,21-/m1/s1. The van der Waals surface area contributed by atoms with Crippen molar-refractivity contribution in [3.05, 3.63) is 88.5 Å². The van der Waals surface area contributed by atoms with Gasteiger partial charge in [-0.3, -0.25) is 24.2 Å². The van der Waals surface area contributed by atoms with E-state index in [1.807, 2.05) is 37.3 Å². The van der Waals surface area contributed by atoms with E-state index in [4.69, 9.17) is 0 Å². The van der Waals surface area contributed by atoms with Crippen LogP contribution in [0.15, 0.2) is 54.9 Å². The Morgan fingerprint density at radius 2 is 1.77 bits per heavy atom. The van der Waals surface area contributed by atoms with E-state index in [9.17, 15) is 22.8 Å². The molecule has 1 N–H and O–H groups in total. The summed E-state index contributed by atoms with van der Waals surface area (Å²) >= 11 is 0. The van der Waals surface area contributed by atoms with E-state index >= 15 is 0 Å². The van der Waals surface area contributed by atoms with Crippen LogP contribution in [-0.2, 0) is 13.2 Å². The number of likely N-dealkylation sites (tertiary alicyclic amines) is 1. The number of rotatable bonds is 4. The molecule has 0 radical (unpaired) electrons. The van der Waals surface area contributed by atoms with Gasteiger partial charge in [0.2, 0.25) is 0 Å². The van der Waals surface area contributed by atoms with Crippen LogP contribution in [0.3, 0.4) is 0 Å². The van der Waals surface area contributed by atoms with Gasteiger partial charge in [0, 0.05) is 50.1 Å². The summed E-state index contributed by atoms with van der Waals surface area (Å²) < 4.78 is 42.2. The number of hydrogen-bond donors (Lipinski definition) is 1. The summed E-state index contributed by atoms with van der Waals surface area (Å²) in [5.41, 5.74) is 1.70. The fraction of sp³-hybridized carbons (Fsp3) is 0.321. The molecule has 2 aromatic heterocycles. The molecule has 8 nitrogen and oxygen atoms in total. The van der Waals surface area contributed by atoms with Crippen molar-refractivity contribution in [2.75, 3.05) is 13.1 Å². The number of carbonyl (C=O) groups is 2. The van der Waals surface area contributed by atoms with Gasteiger partial charge in [-0.05, 0) is 43.5 Å². The lowest BCUT2D eigenvalue weighted by Crippen LogP contribution is -2.51. The molecule has 1 aliphatic rings. The van der Waals surface area contributed by atoms with Gasteiger partial charge in [0.1, 0.15) is 11.3 Å². The van der Waals surface area contributed by atoms with Gasteiger partial charge < -0.3 is 10.2 Å². The maximum atomic E-state index is 13.7. The van der Waals surface area contributed by atoms with E-state index in [1.54, 1.807) is 29.4 Å². The van der Waals surface area contributed by atoms with E-state index in [1.165, 1.54) is 14.0 Å². The highest BCUT2D eigenvalue weighted by Crippen LogP contribution is 2.35. The monoisotopic (exact) mass is 536 g/mol. The van der Waals surface area contributed by atoms with Crippen molar-refractivity contribution in [2.24, 2.45) is 7.05 Å². The second kappa shape index (κ2) is 10.1. The third kappa shape index (κ3) is 5.08. The molecule has 1 aliphatic heterocycles. The normalized spacial score (nSPS) is 17.8. The number of aryl methyl sites for hydroxylation is 3. The van der Waals surface area contributed by atoms with Gasteiger partial charge >= 0.3 is 6.18 Å². The predicted octanol–water partition coefficient (Wildman–Crippen LogP) is 4.43. The van der Waals surface area contributed by atoms with Crippen molar-refractivity contribution >= 4 is 22.8 Å². The zero-order valence-corrected chi connectivity index (χ0v) is 21.7. The van der Waals surface area contributed by atoms with Crippen LogP contribution in [0.25, 0.3) is 11.0 Å². The quantitative estimate of drug-likeness (QED) is 0.417. The van der Waals surface area contributed by atoms with Crippen molar-refractivity contribution in [1.29, 1.82) is 0 Å². The van der Waals surface area contributed by atoms with Crippen molar-refractivity contribution in [3.8, 4) is 0 Å². The zero-order chi connectivity index (χ0) is 27.9. The molecule has 2 amide bonds. The van der Waals surface area contributed by atoms with E-state index in [-0.39, 0.29) is 24.1 Å². The molecular weight excluding hydrogens is 509 g/mol. The van der Waals surface area contributed by atoms with Gasteiger partial charge in [0.05, 0.1) is 16.7 Å². The minimum atomic E-state index is -4.72. The molecule has 1 fully saturated rings. The number of amides is 2. The number of alkyl halides is 3. The third-order valence-corrected chi connectivity index (χ3v) is 7.18. The minimum Gasteiger partial charge on any atom is -0.347 e. The van der Waals surface area contributed by atoms with Gasteiger partial charge in [0.25, 0.3) is 11.8 Å². The van der Waals surface area contributed by atoms with Crippen LogP contribution in [0, 0.1) is 13.8 Å². The molecule has 0 unspecified atom stereocenters. The molecule has 0 saturated carbocycles. The van der Waals surface area contributed by atoms with Gasteiger partial charge in [-0.2, -0.15) is 18.3 Å². The Bertz CT molecular complexity index is 1550. The Hall–Kier alpha value is -4.28. The highest BCUT2D eigenvalue weighted by Gasteiger charge is 2.42. The summed E-state index contributed by atoms with van der Waals surface area (Å²) in [6.45, 7) is 3.71. The fourth-order valence-corrected chi connectivity index (χ4v) is 5.40. The number of benzene rings is 2. The molecule has 0 bridgehead atoms. The topological polar surface area (TPSA) is 93.0 Å². The van der Waals surface area contributed by atoms with Crippen molar-refractivity contribution < 1.29 is 22.8 Å². The summed E-state index contributed by atoms with van der Waals surface area (Å²) in [7, 11) is 1.32. The summed E-state index contributed by atoms with van der Waals surface area (Å²) in [6, 6.07) is 12.4. The lowest BCUT2D eigenvalue weighted by molar-refractivity contribution is -0.138. The van der Waals surface area contributed by atoms with Crippen LogP contribution in [-0.4, -0.2) is 55.6 Å². The molecule has 1 saturated heterocycles. The molecule has 11 heteroatoms. The van der Waals surface area contributed by atoms with E-state index < -0.39 is 29.4 Å². The third-order valence-electron chi connectivity index (χ3n) is 7.18. The van der Waals surface area contributed by atoms with Crippen LogP contribution in [0.1, 0.15) is 55.6 Å². The molecule has 202 valence electrons. The minimum absolute atomic E-state index is 0.182. The fourth-order valence-electron chi connectivity index (χ4n) is 5.40. The summed E-state index contributed by atoms with van der Waals surface area (Å²) in [4.78, 5) is 37.2. The number of hydrogen-bond acceptors (Lipinski definition) is 5. The number of nitrogens with one attached hydrogen (secondary N) is 1. The number of fused-ring (bicyclic) bond motifs is 1. The Balaban J connectivity index is 1.43. The van der Waals surface area contributed by atoms with E-state index in [0.717, 1.165) is 21.3 Å². The van der Waals surface area contributed by atoms with Crippen LogP contribution in [0.5, 0.6) is 0 Å². The van der Waals surface area contributed by atoms with Gasteiger partial charge in [0.15, 0.2) is 0 Å². The zero-order valence-electron chi connectivity index (χ0n) is 21.7. The number of piperidine rings is 1. The van der Waals surface area contributed by atoms with Crippen LogP contribution >= 0.6 is 0 Å². The SMILES string of the molecule is Cc1nn(C)c(C(=O)N[C@@H]2CCN(C(=O)c3cc(C)c4nccnc4c3)C[C@@H]2c2ccccc2)c1C(F)(F)F. The van der Waals surface area contributed by atoms with Crippen LogP contribution in [0.4, 0.5) is 13.2 Å². The number of nitrogens with zero attached hydrogens (tertiary/aromatic N) is 5. The predicted molar refractivity (Wildman–Crippen MR) is 138 cm³/mol. The maximum absolute atomic E-state index is 13.7. The van der Waals surface area contributed by atoms with E-state index in [2.05, 4.69) is 20.4 Å². The van der Waals surface area contributed by atoms with Crippen molar-refractivity contribution in [1.82, 2.24) is 30.0 Å². The van der Waals surface area contributed by atoms with Crippen LogP contribution in [0.2, 0.25) is 0 Å². The first-order valence-corrected chi connectivity index (χ1v) is 12.5. The molecule has 5 rings (SSSR count). The smallest absolute Gasteiger partial charge is 0.347 e. The first-order valence-electron chi connectivity index (χ1n) is 12.5. The summed E-state index contributed by atoms with van der Waals surface area (Å²) in [5, 5.41) is 6.67. The van der Waals surface area contributed by atoms with Gasteiger partial charge in [-0.25, -0.2) is 0 Å². The Morgan fingerprint density at radius 1 is 1.05 bits per heavy atom. The number of carbonyl (C=O) groups excluding carboxylic acids is 2. The van der Waals surface area contributed by atoms with E-state index in [0.29, 0.717) is 24.0 Å². The average Bonchev–Trinajstić information content (AvgIpc) is 3.23. The van der Waals surface area contributed by atoms with Crippen molar-refractivity contribution in [3.63, 3.8) is 0 Å². The van der Waals surface area contributed by atoms with Gasteiger partial charge in [-0.1, -0.05) is 30.3 Å². The lowest BCUT2D eigenvalue weighted by Gasteiger charge is -2.39. The maximum Gasteiger partial charge on any atom is 0.420 e. The highest BCUT2D eigenvalue weighted by molar-refractivity contribution is 5.98. The first kappa shape index (κ1) is 26.3. The largest absolute Gasteiger partial charge is 0.420 e. The summed E-state index contributed by atoms with van der Waals surface area (Å²) in [6.07, 6.45) is -1.18. The second-order valence-electron chi connectivity index (χ2n) is 9.78. The Morgan fingerprint density at radius 3 is 2.49 bits per heavy atom. The van der Waals surface area contributed by atoms with Crippen LogP contribution < -0.4 is 5.32 Å². The Labute approximate surface area is 222 Å². The molecule has 2 aromatic carbocycles. The summed E-state index contributed by atoms with van der Waals surface area (Å²) in [5.74, 6) is -1.37. The Kier molecular flexibility index (Phi) is 6.83. The molecule has 0 aliphatic carbocycles. The highest BCUT2D eigenvalue weighted by atomic mass is 19.4. The lowest BCUT2D eigenvalue weighted by atomic mass is 9.85. The van der Waals surface area contributed by atoms with Gasteiger partial charge in [-0.15, -0.1) is 0 Å². The second-order valence-corrected chi connectivity index (χ2v) is 9.78. The molecule has 2 atom stereocenters. The molecule has 4 aromatic rings. The molecule has 3 heterocycles. The first-order chi connectivity index (χ1) is 18.5. The number of aromatic nitrogens is 4. The molecular formula is C28H27F3N6O2. The van der Waals surface area contributed by atoms with Crippen molar-refractivity contribution in [2.45, 2.75) is 38.4 Å². The molecule has 0 spiro atoms. The molecule has 39 heavy (non-hydrogen) atoms. The number of halogens is 3. The average molecular weight is 537 g/mol.